The number of carbonyl (C=O) groups excluding carboxylic acids is 1. The van der Waals surface area contributed by atoms with Gasteiger partial charge in [-0.25, -0.2) is 0 Å². The summed E-state index contributed by atoms with van der Waals surface area (Å²) in [7, 11) is 1.83. The zero-order valence-corrected chi connectivity index (χ0v) is 13.8. The number of nitrogens with two attached hydrogens (primary N) is 1. The predicted octanol–water partition coefficient (Wildman–Crippen LogP) is 3.16. The first-order valence-corrected chi connectivity index (χ1v) is 7.96. The SMILES string of the molecule is CC1CCC(CN)(C(=O)N(C)Cc2ccc(Br)o2)CC1. The predicted molar refractivity (Wildman–Crippen MR) is 82.0 cm³/mol. The lowest BCUT2D eigenvalue weighted by molar-refractivity contribution is -0.143. The first-order valence-electron chi connectivity index (χ1n) is 7.17. The Labute approximate surface area is 128 Å². The molecule has 112 valence electrons. The minimum absolute atomic E-state index is 0.152. The molecule has 1 aromatic rings. The van der Waals surface area contributed by atoms with Gasteiger partial charge in [0.25, 0.3) is 0 Å². The van der Waals surface area contributed by atoms with E-state index in [-0.39, 0.29) is 11.3 Å². The van der Waals surface area contributed by atoms with Crippen LogP contribution in [0.25, 0.3) is 0 Å². The Bertz CT molecular complexity index is 464. The number of hydrogen-bond donors (Lipinski definition) is 1. The fourth-order valence-corrected chi connectivity index (χ4v) is 3.31. The third-order valence-electron chi connectivity index (χ3n) is 4.44. The van der Waals surface area contributed by atoms with Crippen molar-refractivity contribution in [2.75, 3.05) is 13.6 Å². The van der Waals surface area contributed by atoms with Crippen LogP contribution in [0, 0.1) is 11.3 Å². The molecule has 1 saturated carbocycles. The highest BCUT2D eigenvalue weighted by Gasteiger charge is 2.41. The molecule has 0 saturated heterocycles. The summed E-state index contributed by atoms with van der Waals surface area (Å²) in [5.41, 5.74) is 5.57. The molecule has 1 heterocycles. The normalized spacial score (nSPS) is 26.5. The molecule has 1 fully saturated rings. The molecular weight excluding hydrogens is 320 g/mol. The number of hydrogen-bond acceptors (Lipinski definition) is 3. The molecule has 1 aliphatic carbocycles. The topological polar surface area (TPSA) is 59.5 Å². The third kappa shape index (κ3) is 3.26. The molecule has 1 amide bonds. The van der Waals surface area contributed by atoms with Gasteiger partial charge in [0.1, 0.15) is 5.76 Å². The Balaban J connectivity index is 2.04. The molecule has 2 N–H and O–H groups in total. The van der Waals surface area contributed by atoms with Crippen molar-refractivity contribution in [3.05, 3.63) is 22.6 Å². The average molecular weight is 343 g/mol. The van der Waals surface area contributed by atoms with Gasteiger partial charge >= 0.3 is 0 Å². The molecule has 20 heavy (non-hydrogen) atoms. The average Bonchev–Trinajstić information content (AvgIpc) is 2.84. The summed E-state index contributed by atoms with van der Waals surface area (Å²) < 4.78 is 6.16. The van der Waals surface area contributed by atoms with Crippen LogP contribution >= 0.6 is 15.9 Å². The maximum absolute atomic E-state index is 12.8. The van der Waals surface area contributed by atoms with Crippen LogP contribution in [0.2, 0.25) is 0 Å². The van der Waals surface area contributed by atoms with Gasteiger partial charge in [-0.1, -0.05) is 6.92 Å². The van der Waals surface area contributed by atoms with Crippen molar-refractivity contribution in [3.8, 4) is 0 Å². The van der Waals surface area contributed by atoms with Gasteiger partial charge in [-0.2, -0.15) is 0 Å². The van der Waals surface area contributed by atoms with Gasteiger partial charge in [0.2, 0.25) is 5.91 Å². The minimum Gasteiger partial charge on any atom is -0.452 e. The summed E-state index contributed by atoms with van der Waals surface area (Å²) in [6.07, 6.45) is 3.97. The van der Waals surface area contributed by atoms with E-state index in [1.54, 1.807) is 4.90 Å². The molecule has 0 aliphatic heterocycles. The van der Waals surface area contributed by atoms with E-state index in [1.807, 2.05) is 19.2 Å². The van der Waals surface area contributed by atoms with E-state index in [1.165, 1.54) is 0 Å². The van der Waals surface area contributed by atoms with E-state index in [2.05, 4.69) is 22.9 Å². The molecule has 0 aromatic carbocycles. The smallest absolute Gasteiger partial charge is 0.230 e. The molecule has 4 nitrogen and oxygen atoms in total. The van der Waals surface area contributed by atoms with Crippen molar-refractivity contribution in [1.29, 1.82) is 0 Å². The monoisotopic (exact) mass is 342 g/mol. The number of halogens is 1. The molecule has 0 atom stereocenters. The molecule has 2 rings (SSSR count). The first-order chi connectivity index (χ1) is 9.47. The van der Waals surface area contributed by atoms with Crippen LogP contribution in [0.3, 0.4) is 0 Å². The van der Waals surface area contributed by atoms with Crippen LogP contribution in [-0.2, 0) is 11.3 Å². The summed E-state index contributed by atoms with van der Waals surface area (Å²) in [4.78, 5) is 14.5. The summed E-state index contributed by atoms with van der Waals surface area (Å²) in [5, 5.41) is 0. The van der Waals surface area contributed by atoms with Gasteiger partial charge in [0.05, 0.1) is 12.0 Å². The summed E-state index contributed by atoms with van der Waals surface area (Å²) in [6, 6.07) is 3.72. The molecular formula is C15H23BrN2O2. The van der Waals surface area contributed by atoms with E-state index < -0.39 is 0 Å². The summed E-state index contributed by atoms with van der Waals surface area (Å²) in [5.74, 6) is 1.64. The van der Waals surface area contributed by atoms with Crippen molar-refractivity contribution in [2.24, 2.45) is 17.1 Å². The van der Waals surface area contributed by atoms with E-state index in [0.29, 0.717) is 23.7 Å². The van der Waals surface area contributed by atoms with Gasteiger partial charge in [-0.3, -0.25) is 4.79 Å². The molecule has 0 spiro atoms. The molecule has 1 aromatic heterocycles. The Morgan fingerprint density at radius 3 is 2.65 bits per heavy atom. The third-order valence-corrected chi connectivity index (χ3v) is 4.87. The number of amides is 1. The van der Waals surface area contributed by atoms with Gasteiger partial charge in [0.15, 0.2) is 4.67 Å². The van der Waals surface area contributed by atoms with Crippen molar-refractivity contribution in [2.45, 2.75) is 39.2 Å². The second-order valence-electron chi connectivity index (χ2n) is 6.03. The Kier molecular flexibility index (Phi) is 4.91. The zero-order valence-electron chi connectivity index (χ0n) is 12.2. The van der Waals surface area contributed by atoms with Crippen LogP contribution in [0.4, 0.5) is 0 Å². The quantitative estimate of drug-likeness (QED) is 0.914. The van der Waals surface area contributed by atoms with Crippen molar-refractivity contribution >= 4 is 21.8 Å². The lowest BCUT2D eigenvalue weighted by Crippen LogP contribution is -2.48. The Hall–Kier alpha value is -0.810. The molecule has 5 heteroatoms. The number of rotatable bonds is 4. The van der Waals surface area contributed by atoms with Crippen LogP contribution in [0.5, 0.6) is 0 Å². The van der Waals surface area contributed by atoms with Gasteiger partial charge in [-0.15, -0.1) is 0 Å². The number of carbonyl (C=O) groups is 1. The zero-order chi connectivity index (χ0) is 14.8. The summed E-state index contributed by atoms with van der Waals surface area (Å²) in [6.45, 7) is 3.17. The second kappa shape index (κ2) is 6.31. The van der Waals surface area contributed by atoms with Crippen LogP contribution in [0.1, 0.15) is 38.4 Å². The lowest BCUT2D eigenvalue weighted by atomic mass is 9.70. The molecule has 0 unspecified atom stereocenters. The maximum Gasteiger partial charge on any atom is 0.230 e. The highest BCUT2D eigenvalue weighted by molar-refractivity contribution is 9.10. The van der Waals surface area contributed by atoms with Gasteiger partial charge in [-0.05, 0) is 59.7 Å². The van der Waals surface area contributed by atoms with Crippen molar-refractivity contribution in [1.82, 2.24) is 4.90 Å². The summed E-state index contributed by atoms with van der Waals surface area (Å²) >= 11 is 3.28. The van der Waals surface area contributed by atoms with Gasteiger partial charge < -0.3 is 15.1 Å². The van der Waals surface area contributed by atoms with E-state index in [4.69, 9.17) is 10.2 Å². The van der Waals surface area contributed by atoms with Crippen LogP contribution < -0.4 is 5.73 Å². The number of furan rings is 1. The Morgan fingerprint density at radius 1 is 1.50 bits per heavy atom. The molecule has 0 bridgehead atoms. The Morgan fingerprint density at radius 2 is 2.15 bits per heavy atom. The number of nitrogens with zero attached hydrogens (tertiary/aromatic N) is 1. The maximum atomic E-state index is 12.8. The fraction of sp³-hybridized carbons (Fsp3) is 0.667. The minimum atomic E-state index is -0.370. The molecule has 1 aliphatic rings. The standard InChI is InChI=1S/C15H23BrN2O2/c1-11-5-7-15(10-17,8-6-11)14(19)18(2)9-12-3-4-13(16)20-12/h3-4,11H,5-10,17H2,1-2H3. The fourth-order valence-electron chi connectivity index (χ4n) is 2.97. The van der Waals surface area contributed by atoms with Crippen LogP contribution in [0.15, 0.2) is 21.2 Å². The van der Waals surface area contributed by atoms with E-state index in [0.717, 1.165) is 31.4 Å². The second-order valence-corrected chi connectivity index (χ2v) is 6.82. The largest absolute Gasteiger partial charge is 0.452 e. The first kappa shape index (κ1) is 15.6. The molecule has 0 radical (unpaired) electrons. The lowest BCUT2D eigenvalue weighted by Gasteiger charge is -2.39. The van der Waals surface area contributed by atoms with Crippen LogP contribution in [-0.4, -0.2) is 24.4 Å². The van der Waals surface area contributed by atoms with E-state index >= 15 is 0 Å². The van der Waals surface area contributed by atoms with Gasteiger partial charge in [0, 0.05) is 13.6 Å². The van der Waals surface area contributed by atoms with Crippen molar-refractivity contribution in [3.63, 3.8) is 0 Å². The van der Waals surface area contributed by atoms with Crippen molar-refractivity contribution < 1.29 is 9.21 Å². The highest BCUT2D eigenvalue weighted by Crippen LogP contribution is 2.39. The highest BCUT2D eigenvalue weighted by atomic mass is 79.9. The van der Waals surface area contributed by atoms with E-state index in [9.17, 15) is 4.79 Å².